The molecule has 5 unspecified atom stereocenters. The number of aliphatic hydroxyl groups is 2. The number of aliphatic carboxylic acids is 1. The molecule has 12 heteroatoms. The maximum Gasteiger partial charge on any atom is 0.335 e. The third kappa shape index (κ3) is 6.02. The molecule has 2 aromatic heterocycles. The molecule has 7 rings (SSSR count). The van der Waals surface area contributed by atoms with E-state index >= 15 is 0 Å². The zero-order chi connectivity index (χ0) is 32.7. The van der Waals surface area contributed by atoms with Crippen LogP contribution in [0.1, 0.15) is 19.8 Å². The Bertz CT molecular complexity index is 1740. The molecule has 2 aromatic carbocycles. The Morgan fingerprint density at radius 2 is 1.57 bits per heavy atom. The molecule has 3 N–H and O–H groups in total. The first-order chi connectivity index (χ1) is 22.8. The van der Waals surface area contributed by atoms with Crippen LogP contribution in [0.4, 0.5) is 11.4 Å². The molecule has 4 aromatic rings. The van der Waals surface area contributed by atoms with Gasteiger partial charge in [-0.1, -0.05) is 13.0 Å². The van der Waals surface area contributed by atoms with Crippen molar-refractivity contribution in [3.8, 4) is 11.5 Å². The minimum absolute atomic E-state index is 0.431. The predicted octanol–water partition coefficient (Wildman–Crippen LogP) is 3.13. The number of hydrogen-bond acceptors (Lipinski definition) is 11. The van der Waals surface area contributed by atoms with E-state index in [1.165, 1.54) is 0 Å². The van der Waals surface area contributed by atoms with Crippen LogP contribution >= 0.6 is 0 Å². The van der Waals surface area contributed by atoms with Gasteiger partial charge in [-0.25, -0.2) is 4.79 Å². The van der Waals surface area contributed by atoms with E-state index in [1.54, 1.807) is 20.2 Å². The van der Waals surface area contributed by atoms with Crippen LogP contribution in [0, 0.1) is 5.92 Å². The summed E-state index contributed by atoms with van der Waals surface area (Å²) in [7, 11) is 1.70. The van der Waals surface area contributed by atoms with Crippen LogP contribution in [-0.4, -0.2) is 113 Å². The molecule has 12 nitrogen and oxygen atoms in total. The molecule has 0 aliphatic carbocycles. The van der Waals surface area contributed by atoms with Gasteiger partial charge in [0.05, 0.1) is 35.6 Å². The van der Waals surface area contributed by atoms with Crippen LogP contribution in [0.3, 0.4) is 0 Å². The number of fused-ring (bicyclic) bond motifs is 2. The number of carboxylic acids is 1. The first-order valence-corrected chi connectivity index (χ1v) is 16.3. The zero-order valence-electron chi connectivity index (χ0n) is 26.6. The number of rotatable bonds is 7. The van der Waals surface area contributed by atoms with Crippen molar-refractivity contribution >= 4 is 39.1 Å². The van der Waals surface area contributed by atoms with Gasteiger partial charge >= 0.3 is 5.97 Å². The summed E-state index contributed by atoms with van der Waals surface area (Å²) >= 11 is 0. The fraction of sp³-hybridized carbons (Fsp3) is 0.457. The van der Waals surface area contributed by atoms with Crippen LogP contribution in [0.25, 0.3) is 21.8 Å². The molecular weight excluding hydrogens is 602 g/mol. The lowest BCUT2D eigenvalue weighted by atomic mass is 9.90. The zero-order valence-corrected chi connectivity index (χ0v) is 26.6. The van der Waals surface area contributed by atoms with Gasteiger partial charge in [-0.15, -0.1) is 0 Å². The van der Waals surface area contributed by atoms with Crippen LogP contribution in [0.5, 0.6) is 11.5 Å². The minimum Gasteiger partial charge on any atom is -0.497 e. The van der Waals surface area contributed by atoms with Crippen molar-refractivity contribution in [3.63, 3.8) is 0 Å². The number of nitrogens with zero attached hydrogens (tertiary/aromatic N) is 5. The first kappa shape index (κ1) is 31.4. The number of piperazine rings is 1. The lowest BCUT2D eigenvalue weighted by Crippen LogP contribution is -2.57. The number of aliphatic hydroxyl groups excluding tert-OH is 2. The Balaban J connectivity index is 1.01. The van der Waals surface area contributed by atoms with Crippen molar-refractivity contribution in [2.24, 2.45) is 5.92 Å². The molecule has 248 valence electrons. The summed E-state index contributed by atoms with van der Waals surface area (Å²) in [5.41, 5.74) is 3.91. The van der Waals surface area contributed by atoms with E-state index in [-0.39, 0.29) is 0 Å². The molecule has 3 aliphatic rings. The van der Waals surface area contributed by atoms with Gasteiger partial charge in [0.1, 0.15) is 17.6 Å². The Labute approximate surface area is 273 Å². The largest absolute Gasteiger partial charge is 0.497 e. The highest BCUT2D eigenvalue weighted by Gasteiger charge is 2.46. The van der Waals surface area contributed by atoms with Crippen LogP contribution in [0.15, 0.2) is 60.9 Å². The number of benzene rings is 2. The van der Waals surface area contributed by atoms with Crippen LogP contribution in [0.2, 0.25) is 0 Å². The number of pyridine rings is 2. The quantitative estimate of drug-likeness (QED) is 0.273. The van der Waals surface area contributed by atoms with E-state index in [1.807, 2.05) is 42.6 Å². The van der Waals surface area contributed by atoms with Crippen molar-refractivity contribution in [1.29, 1.82) is 0 Å². The monoisotopic (exact) mass is 643 g/mol. The highest BCUT2D eigenvalue weighted by molar-refractivity contribution is 5.95. The lowest BCUT2D eigenvalue weighted by Gasteiger charge is -2.44. The fourth-order valence-electron chi connectivity index (χ4n) is 7.25. The number of ether oxygens (including phenoxy) is 3. The summed E-state index contributed by atoms with van der Waals surface area (Å²) in [5.74, 6) is -0.778. The SMILES string of the molecule is COc1cc(N2CCN(C3CCN(c4ccc(OC5OC(C(=O)O)C(O)C(C)C5O)c5cccnc45)CC3)CC2)c2ncccc2c1. The van der Waals surface area contributed by atoms with E-state index < -0.39 is 36.5 Å². The van der Waals surface area contributed by atoms with Gasteiger partial charge in [-0.2, -0.15) is 0 Å². The van der Waals surface area contributed by atoms with E-state index in [4.69, 9.17) is 19.2 Å². The molecule has 0 spiro atoms. The smallest absolute Gasteiger partial charge is 0.335 e. The Morgan fingerprint density at radius 3 is 2.30 bits per heavy atom. The maximum atomic E-state index is 11.7. The second kappa shape index (κ2) is 13.1. The van der Waals surface area contributed by atoms with E-state index in [2.05, 4.69) is 31.8 Å². The summed E-state index contributed by atoms with van der Waals surface area (Å²) in [6.45, 7) is 7.19. The van der Waals surface area contributed by atoms with Gasteiger partial charge in [-0.05, 0) is 49.2 Å². The molecule has 3 saturated heterocycles. The summed E-state index contributed by atoms with van der Waals surface area (Å²) in [5, 5.41) is 32.3. The third-order valence-electron chi connectivity index (χ3n) is 10.0. The van der Waals surface area contributed by atoms with E-state index in [0.717, 1.165) is 91.0 Å². The summed E-state index contributed by atoms with van der Waals surface area (Å²) in [6, 6.07) is 16.2. The normalized spacial score (nSPS) is 26.1. The van der Waals surface area contributed by atoms with Crippen LogP contribution < -0.4 is 19.3 Å². The first-order valence-electron chi connectivity index (χ1n) is 16.3. The lowest BCUT2D eigenvalue weighted by molar-refractivity contribution is -0.255. The van der Waals surface area contributed by atoms with Gasteiger partial charge in [0.2, 0.25) is 6.29 Å². The number of carbonyl (C=O) groups is 1. The Morgan fingerprint density at radius 1 is 0.872 bits per heavy atom. The Hall–Kier alpha value is -4.23. The van der Waals surface area contributed by atoms with Crippen LogP contribution in [-0.2, 0) is 9.53 Å². The van der Waals surface area contributed by atoms with E-state index in [0.29, 0.717) is 11.8 Å². The van der Waals surface area contributed by atoms with Crippen molar-refractivity contribution in [3.05, 3.63) is 60.9 Å². The fourth-order valence-corrected chi connectivity index (χ4v) is 7.25. The minimum atomic E-state index is -1.50. The van der Waals surface area contributed by atoms with Gasteiger partial charge in [0.25, 0.3) is 0 Å². The molecule has 0 saturated carbocycles. The number of aromatic nitrogens is 2. The average Bonchev–Trinajstić information content (AvgIpc) is 3.11. The van der Waals surface area contributed by atoms with Crippen molar-refractivity contribution in [2.45, 2.75) is 50.4 Å². The van der Waals surface area contributed by atoms with Gasteiger partial charge in [0, 0.05) is 80.5 Å². The molecule has 5 atom stereocenters. The standard InChI is InChI=1S/C35H41N5O7/c1-21-31(41)33(34(43)44)47-35(32(21)42)46-28-8-7-26(30-25(28)6-4-12-37-30)39-13-9-23(10-14-39)38-15-17-40(18-16-38)27-20-24(45-2)19-22-5-3-11-36-29(22)27/h3-8,11-12,19-21,23,31-33,35,41-42H,9-10,13-18H2,1-2H3,(H,43,44). The molecule has 3 aliphatic heterocycles. The predicted molar refractivity (Wildman–Crippen MR) is 177 cm³/mol. The van der Waals surface area contributed by atoms with E-state index in [9.17, 15) is 20.1 Å². The Kier molecular flexibility index (Phi) is 8.75. The number of anilines is 2. The number of hydrogen-bond donors (Lipinski definition) is 3. The van der Waals surface area contributed by atoms with Gasteiger partial charge in [0.15, 0.2) is 6.10 Å². The number of methoxy groups -OCH3 is 1. The van der Waals surface area contributed by atoms with Gasteiger partial charge < -0.3 is 39.3 Å². The molecule has 0 radical (unpaired) electrons. The number of carboxylic acid groups (broad SMARTS) is 1. The second-order valence-electron chi connectivity index (χ2n) is 12.7. The molecule has 0 bridgehead atoms. The highest BCUT2D eigenvalue weighted by atomic mass is 16.7. The molecule has 0 amide bonds. The van der Waals surface area contributed by atoms with Crippen molar-refractivity contribution in [2.75, 3.05) is 56.2 Å². The van der Waals surface area contributed by atoms with Crippen molar-refractivity contribution in [1.82, 2.24) is 14.9 Å². The molecule has 5 heterocycles. The molecular formula is C35H41N5O7. The maximum absolute atomic E-state index is 11.7. The molecule has 3 fully saturated rings. The number of piperidine rings is 1. The van der Waals surface area contributed by atoms with Crippen molar-refractivity contribution < 1.29 is 34.3 Å². The summed E-state index contributed by atoms with van der Waals surface area (Å²) in [4.78, 5) is 28.4. The summed E-state index contributed by atoms with van der Waals surface area (Å²) in [6.07, 6.45) is 0.363. The average molecular weight is 644 g/mol. The highest BCUT2D eigenvalue weighted by Crippen LogP contribution is 2.37. The molecule has 47 heavy (non-hydrogen) atoms. The van der Waals surface area contributed by atoms with Gasteiger partial charge in [-0.3, -0.25) is 14.9 Å². The topological polar surface area (TPSA) is 141 Å². The summed E-state index contributed by atoms with van der Waals surface area (Å²) < 4.78 is 17.2. The third-order valence-corrected chi connectivity index (χ3v) is 10.0. The second-order valence-corrected chi connectivity index (χ2v) is 12.7.